The highest BCUT2D eigenvalue weighted by molar-refractivity contribution is 7.11. The van der Waals surface area contributed by atoms with Crippen LogP contribution < -0.4 is 5.73 Å². The van der Waals surface area contributed by atoms with Crippen LogP contribution in [0.1, 0.15) is 35.5 Å². The summed E-state index contributed by atoms with van der Waals surface area (Å²) in [5, 5.41) is 1.14. The molecule has 0 spiro atoms. The van der Waals surface area contributed by atoms with E-state index < -0.39 is 0 Å². The van der Waals surface area contributed by atoms with Crippen LogP contribution in [0.25, 0.3) is 0 Å². The zero-order valence-electron chi connectivity index (χ0n) is 10.2. The van der Waals surface area contributed by atoms with Crippen molar-refractivity contribution in [2.45, 2.75) is 39.8 Å². The number of thiazole rings is 1. The van der Waals surface area contributed by atoms with Crippen molar-refractivity contribution in [3.8, 4) is 0 Å². The maximum Gasteiger partial charge on any atom is 0.0900 e. The van der Waals surface area contributed by atoms with Gasteiger partial charge in [-0.3, -0.25) is 4.90 Å². The Bertz CT molecular complexity index is 320. The molecule has 1 aromatic rings. The molecule has 0 aliphatic heterocycles. The van der Waals surface area contributed by atoms with E-state index in [4.69, 9.17) is 5.73 Å². The van der Waals surface area contributed by atoms with Gasteiger partial charge in [-0.05, 0) is 34.7 Å². The van der Waals surface area contributed by atoms with Gasteiger partial charge in [-0.25, -0.2) is 4.98 Å². The topological polar surface area (TPSA) is 42.2 Å². The summed E-state index contributed by atoms with van der Waals surface area (Å²) in [7, 11) is 2.11. The van der Waals surface area contributed by atoms with Crippen LogP contribution in [0, 0.1) is 13.8 Å². The summed E-state index contributed by atoms with van der Waals surface area (Å²) in [5.74, 6) is 0. The van der Waals surface area contributed by atoms with Gasteiger partial charge >= 0.3 is 0 Å². The van der Waals surface area contributed by atoms with E-state index in [1.54, 1.807) is 11.3 Å². The summed E-state index contributed by atoms with van der Waals surface area (Å²) in [4.78, 5) is 8.09. The predicted molar refractivity (Wildman–Crippen MR) is 66.3 cm³/mol. The van der Waals surface area contributed by atoms with Crippen LogP contribution in [0.2, 0.25) is 0 Å². The first kappa shape index (κ1) is 12.6. The second-order valence-corrected chi connectivity index (χ2v) is 5.51. The minimum Gasteiger partial charge on any atom is -0.327 e. The van der Waals surface area contributed by atoms with Crippen molar-refractivity contribution in [1.29, 1.82) is 0 Å². The fourth-order valence-corrected chi connectivity index (χ4v) is 2.79. The Labute approximate surface area is 96.3 Å². The molecular weight excluding hydrogens is 206 g/mol. The molecule has 0 fully saturated rings. The lowest BCUT2D eigenvalue weighted by Gasteiger charge is -2.25. The standard InChI is InChI=1S/C11H21N3S/c1-7(12)6-14(5)9(3)11-8(2)13-10(4)15-11/h7,9H,6,12H2,1-5H3. The fraction of sp³-hybridized carbons (Fsp3) is 0.727. The van der Waals surface area contributed by atoms with Gasteiger partial charge in [0.15, 0.2) is 0 Å². The van der Waals surface area contributed by atoms with Crippen LogP contribution in [0.5, 0.6) is 0 Å². The maximum atomic E-state index is 5.80. The Morgan fingerprint density at radius 3 is 2.40 bits per heavy atom. The van der Waals surface area contributed by atoms with E-state index >= 15 is 0 Å². The lowest BCUT2D eigenvalue weighted by molar-refractivity contribution is 0.252. The molecule has 0 saturated carbocycles. The molecule has 2 N–H and O–H groups in total. The Balaban J connectivity index is 2.75. The van der Waals surface area contributed by atoms with Gasteiger partial charge in [0.1, 0.15) is 0 Å². The largest absolute Gasteiger partial charge is 0.327 e. The molecule has 1 heterocycles. The first-order valence-electron chi connectivity index (χ1n) is 5.31. The number of hydrogen-bond donors (Lipinski definition) is 1. The van der Waals surface area contributed by atoms with E-state index in [1.165, 1.54) is 4.88 Å². The summed E-state index contributed by atoms with van der Waals surface area (Å²) in [6, 6.07) is 0.619. The van der Waals surface area contributed by atoms with Crippen molar-refractivity contribution in [1.82, 2.24) is 9.88 Å². The molecule has 4 heteroatoms. The van der Waals surface area contributed by atoms with E-state index in [0.29, 0.717) is 6.04 Å². The van der Waals surface area contributed by atoms with E-state index in [1.807, 2.05) is 6.92 Å². The molecule has 0 radical (unpaired) electrons. The number of rotatable bonds is 4. The van der Waals surface area contributed by atoms with Gasteiger partial charge in [-0.1, -0.05) is 0 Å². The minimum absolute atomic E-state index is 0.215. The monoisotopic (exact) mass is 227 g/mol. The van der Waals surface area contributed by atoms with Gasteiger partial charge < -0.3 is 5.73 Å². The van der Waals surface area contributed by atoms with Crippen LogP contribution in [0.3, 0.4) is 0 Å². The van der Waals surface area contributed by atoms with E-state index in [0.717, 1.165) is 17.2 Å². The third kappa shape index (κ3) is 3.26. The number of hydrogen-bond acceptors (Lipinski definition) is 4. The fourth-order valence-electron chi connectivity index (χ4n) is 1.75. The van der Waals surface area contributed by atoms with Crippen molar-refractivity contribution in [2.24, 2.45) is 5.73 Å². The lowest BCUT2D eigenvalue weighted by atomic mass is 10.2. The lowest BCUT2D eigenvalue weighted by Crippen LogP contribution is -2.34. The molecule has 15 heavy (non-hydrogen) atoms. The van der Waals surface area contributed by atoms with Crippen LogP contribution in [0.4, 0.5) is 0 Å². The average molecular weight is 227 g/mol. The van der Waals surface area contributed by atoms with Crippen LogP contribution in [-0.4, -0.2) is 29.5 Å². The molecule has 0 saturated heterocycles. The molecule has 0 amide bonds. The van der Waals surface area contributed by atoms with Crippen molar-refractivity contribution < 1.29 is 0 Å². The minimum atomic E-state index is 0.215. The Hall–Kier alpha value is -0.450. The highest BCUT2D eigenvalue weighted by Crippen LogP contribution is 2.27. The van der Waals surface area contributed by atoms with Crippen LogP contribution in [-0.2, 0) is 0 Å². The summed E-state index contributed by atoms with van der Waals surface area (Å²) in [5.41, 5.74) is 6.95. The SMILES string of the molecule is Cc1nc(C)c(C(C)N(C)CC(C)N)s1. The third-order valence-corrected chi connectivity index (χ3v) is 3.80. The van der Waals surface area contributed by atoms with E-state index in [9.17, 15) is 0 Å². The zero-order valence-corrected chi connectivity index (χ0v) is 11.1. The van der Waals surface area contributed by atoms with Crippen LogP contribution in [0.15, 0.2) is 0 Å². The second-order valence-electron chi connectivity index (χ2n) is 4.28. The Kier molecular flexibility index (Phi) is 4.25. The third-order valence-electron chi connectivity index (χ3n) is 2.56. The molecule has 0 aromatic carbocycles. The summed E-state index contributed by atoms with van der Waals surface area (Å²) in [6.45, 7) is 9.29. The molecule has 1 rings (SSSR count). The first-order valence-corrected chi connectivity index (χ1v) is 6.13. The van der Waals surface area contributed by atoms with E-state index in [2.05, 4.69) is 37.7 Å². The normalized spacial score (nSPS) is 15.7. The molecular formula is C11H21N3S. The van der Waals surface area contributed by atoms with Gasteiger partial charge in [0.2, 0.25) is 0 Å². The molecule has 2 unspecified atom stereocenters. The molecule has 0 bridgehead atoms. The molecule has 1 aromatic heterocycles. The van der Waals surface area contributed by atoms with E-state index in [-0.39, 0.29) is 6.04 Å². The van der Waals surface area contributed by atoms with Crippen LogP contribution >= 0.6 is 11.3 Å². The zero-order chi connectivity index (χ0) is 11.6. The quantitative estimate of drug-likeness (QED) is 0.856. The molecule has 2 atom stereocenters. The van der Waals surface area contributed by atoms with Crippen molar-refractivity contribution in [3.05, 3.63) is 15.6 Å². The number of likely N-dealkylation sites (N-methyl/N-ethyl adjacent to an activating group) is 1. The maximum absolute atomic E-state index is 5.80. The van der Waals surface area contributed by atoms with Gasteiger partial charge in [0, 0.05) is 23.5 Å². The van der Waals surface area contributed by atoms with Gasteiger partial charge in [0.05, 0.1) is 10.7 Å². The predicted octanol–water partition coefficient (Wildman–Crippen LogP) is 2.10. The molecule has 3 nitrogen and oxygen atoms in total. The number of aromatic nitrogens is 1. The number of nitrogens with two attached hydrogens (primary N) is 1. The number of aryl methyl sites for hydroxylation is 2. The van der Waals surface area contributed by atoms with Gasteiger partial charge in [-0.15, -0.1) is 11.3 Å². The second kappa shape index (κ2) is 5.05. The number of nitrogens with zero attached hydrogens (tertiary/aromatic N) is 2. The highest BCUT2D eigenvalue weighted by Gasteiger charge is 2.17. The smallest absolute Gasteiger partial charge is 0.0900 e. The molecule has 0 aliphatic rings. The Morgan fingerprint density at radius 1 is 1.40 bits per heavy atom. The Morgan fingerprint density at radius 2 is 2.00 bits per heavy atom. The van der Waals surface area contributed by atoms with Crippen molar-refractivity contribution in [3.63, 3.8) is 0 Å². The highest BCUT2D eigenvalue weighted by atomic mass is 32.1. The first-order chi connectivity index (χ1) is 6.91. The van der Waals surface area contributed by atoms with Crippen molar-refractivity contribution >= 4 is 11.3 Å². The summed E-state index contributed by atoms with van der Waals surface area (Å²) in [6.07, 6.45) is 0. The van der Waals surface area contributed by atoms with Gasteiger partial charge in [0.25, 0.3) is 0 Å². The van der Waals surface area contributed by atoms with Crippen molar-refractivity contribution in [2.75, 3.05) is 13.6 Å². The summed E-state index contributed by atoms with van der Waals surface area (Å²) < 4.78 is 0. The molecule has 86 valence electrons. The molecule has 0 aliphatic carbocycles. The summed E-state index contributed by atoms with van der Waals surface area (Å²) >= 11 is 1.78. The van der Waals surface area contributed by atoms with Gasteiger partial charge in [-0.2, -0.15) is 0 Å². The average Bonchev–Trinajstić information content (AvgIpc) is 2.42.